The summed E-state index contributed by atoms with van der Waals surface area (Å²) >= 11 is 4.50. The number of nitrogens with one attached hydrogen (secondary N) is 2. The highest BCUT2D eigenvalue weighted by Crippen LogP contribution is 2.23. The van der Waals surface area contributed by atoms with Crippen molar-refractivity contribution in [1.29, 1.82) is 0 Å². The number of rotatable bonds is 8. The molecule has 142 valence electrons. The molecule has 1 unspecified atom stereocenters. The molecular formula is C17H21BrN2O4S2. The molecule has 9 heteroatoms. The number of amides is 1. The van der Waals surface area contributed by atoms with E-state index in [-0.39, 0.29) is 22.6 Å². The molecule has 1 aromatic carbocycles. The molecule has 2 N–H and O–H groups in total. The van der Waals surface area contributed by atoms with Crippen LogP contribution in [0.3, 0.4) is 0 Å². The van der Waals surface area contributed by atoms with E-state index in [9.17, 15) is 13.2 Å². The highest BCUT2D eigenvalue weighted by atomic mass is 79.9. The van der Waals surface area contributed by atoms with Gasteiger partial charge >= 0.3 is 0 Å². The first kappa shape index (κ1) is 20.9. The van der Waals surface area contributed by atoms with Gasteiger partial charge in [-0.15, -0.1) is 11.3 Å². The highest BCUT2D eigenvalue weighted by molar-refractivity contribution is 9.10. The van der Waals surface area contributed by atoms with Crippen molar-refractivity contribution in [3.63, 3.8) is 0 Å². The van der Waals surface area contributed by atoms with Crippen molar-refractivity contribution < 1.29 is 17.9 Å². The van der Waals surface area contributed by atoms with Gasteiger partial charge in [0.2, 0.25) is 5.91 Å². The summed E-state index contributed by atoms with van der Waals surface area (Å²) in [6.45, 7) is 3.81. The molecule has 1 atom stereocenters. The van der Waals surface area contributed by atoms with E-state index in [0.29, 0.717) is 5.75 Å². The van der Waals surface area contributed by atoms with E-state index >= 15 is 0 Å². The fourth-order valence-electron chi connectivity index (χ4n) is 2.31. The Labute approximate surface area is 166 Å². The van der Waals surface area contributed by atoms with Gasteiger partial charge in [0.05, 0.1) is 7.11 Å². The van der Waals surface area contributed by atoms with E-state index in [4.69, 9.17) is 4.74 Å². The van der Waals surface area contributed by atoms with Crippen molar-refractivity contribution in [2.24, 2.45) is 5.92 Å². The normalized spacial score (nSPS) is 12.8. The fourth-order valence-corrected chi connectivity index (χ4v) is 5.07. The number of sulfonamides is 1. The Hall–Kier alpha value is -1.42. The monoisotopic (exact) mass is 460 g/mol. The minimum absolute atomic E-state index is 0.185. The van der Waals surface area contributed by atoms with Gasteiger partial charge in [0.25, 0.3) is 10.0 Å². The molecule has 0 saturated carbocycles. The Morgan fingerprint density at radius 1 is 1.31 bits per heavy atom. The number of halogens is 1. The lowest BCUT2D eigenvalue weighted by molar-refractivity contribution is -0.123. The number of carbonyl (C=O) groups is 1. The Balaban J connectivity index is 2.11. The molecule has 0 bridgehead atoms. The van der Waals surface area contributed by atoms with Gasteiger partial charge in [0, 0.05) is 16.6 Å². The van der Waals surface area contributed by atoms with Gasteiger partial charge in [-0.05, 0) is 35.6 Å². The fraction of sp³-hybridized carbons (Fsp3) is 0.353. The number of carbonyl (C=O) groups excluding carboxylic acids is 1. The standard InChI is InChI=1S/C17H21BrN2O4S2/c1-11(2)16(20-26(22,23)15-5-4-8-25-15)17(21)19-10-12-9-13(18)6-7-14(12)24-3/h4-9,11,16,20H,10H2,1-3H3,(H,19,21). The Kier molecular flexibility index (Phi) is 7.22. The first-order valence-electron chi connectivity index (χ1n) is 7.90. The van der Waals surface area contributed by atoms with Gasteiger partial charge in [0.1, 0.15) is 16.0 Å². The molecular weight excluding hydrogens is 440 g/mol. The molecule has 0 radical (unpaired) electrons. The summed E-state index contributed by atoms with van der Waals surface area (Å²) < 4.78 is 33.7. The molecule has 2 rings (SSSR count). The summed E-state index contributed by atoms with van der Waals surface area (Å²) in [5, 5.41) is 4.47. The van der Waals surface area contributed by atoms with E-state index < -0.39 is 16.1 Å². The lowest BCUT2D eigenvalue weighted by atomic mass is 10.0. The lowest BCUT2D eigenvalue weighted by Crippen LogP contribution is -2.49. The molecule has 26 heavy (non-hydrogen) atoms. The van der Waals surface area contributed by atoms with Crippen LogP contribution in [-0.2, 0) is 21.4 Å². The summed E-state index contributed by atoms with van der Waals surface area (Å²) in [6, 6.07) is 7.78. The highest BCUT2D eigenvalue weighted by Gasteiger charge is 2.28. The first-order chi connectivity index (χ1) is 12.2. The quantitative estimate of drug-likeness (QED) is 0.633. The van der Waals surface area contributed by atoms with Crippen LogP contribution in [0.15, 0.2) is 44.4 Å². The van der Waals surface area contributed by atoms with Crippen LogP contribution < -0.4 is 14.8 Å². The van der Waals surface area contributed by atoms with Crippen molar-refractivity contribution >= 4 is 43.2 Å². The number of hydrogen-bond acceptors (Lipinski definition) is 5. The van der Waals surface area contributed by atoms with Crippen LogP contribution in [0.5, 0.6) is 5.75 Å². The molecule has 0 fully saturated rings. The maximum atomic E-state index is 12.6. The van der Waals surface area contributed by atoms with E-state index in [1.54, 1.807) is 38.5 Å². The number of benzene rings is 1. The molecule has 2 aromatic rings. The van der Waals surface area contributed by atoms with Crippen LogP contribution in [-0.4, -0.2) is 27.5 Å². The summed E-state index contributed by atoms with van der Waals surface area (Å²) in [4.78, 5) is 12.6. The SMILES string of the molecule is COc1ccc(Br)cc1CNC(=O)C(NS(=O)(=O)c1cccs1)C(C)C. The second-order valence-corrected chi connectivity index (χ2v) is 9.75. The third-order valence-electron chi connectivity index (χ3n) is 3.69. The van der Waals surface area contributed by atoms with Gasteiger partial charge in [-0.25, -0.2) is 8.42 Å². The van der Waals surface area contributed by atoms with Crippen LogP contribution in [0, 0.1) is 5.92 Å². The van der Waals surface area contributed by atoms with Gasteiger partial charge in [-0.1, -0.05) is 35.8 Å². The Bertz CT molecular complexity index is 852. The van der Waals surface area contributed by atoms with Crippen molar-refractivity contribution in [2.75, 3.05) is 7.11 Å². The summed E-state index contributed by atoms with van der Waals surface area (Å²) in [6.07, 6.45) is 0. The molecule has 6 nitrogen and oxygen atoms in total. The first-order valence-corrected chi connectivity index (χ1v) is 11.1. The van der Waals surface area contributed by atoms with E-state index in [1.165, 1.54) is 6.07 Å². The van der Waals surface area contributed by atoms with E-state index in [2.05, 4.69) is 26.0 Å². The largest absolute Gasteiger partial charge is 0.496 e. The van der Waals surface area contributed by atoms with Gasteiger partial charge in [0.15, 0.2) is 0 Å². The van der Waals surface area contributed by atoms with Gasteiger partial charge < -0.3 is 10.1 Å². The second-order valence-electron chi connectivity index (χ2n) is 5.95. The van der Waals surface area contributed by atoms with Crippen LogP contribution >= 0.6 is 27.3 Å². The van der Waals surface area contributed by atoms with Gasteiger partial charge in [-0.2, -0.15) is 4.72 Å². The van der Waals surface area contributed by atoms with Crippen molar-refractivity contribution in [3.8, 4) is 5.75 Å². The average Bonchev–Trinajstić information content (AvgIpc) is 3.13. The van der Waals surface area contributed by atoms with Crippen LogP contribution in [0.2, 0.25) is 0 Å². The third kappa shape index (κ3) is 5.29. The molecule has 0 aliphatic rings. The molecule has 1 heterocycles. The summed E-state index contributed by atoms with van der Waals surface area (Å²) in [5.74, 6) is 0.0464. The zero-order chi connectivity index (χ0) is 19.3. The molecule has 1 aromatic heterocycles. The predicted octanol–water partition coefficient (Wildman–Crippen LogP) is 3.14. The van der Waals surface area contributed by atoms with E-state index in [1.807, 2.05) is 12.1 Å². The van der Waals surface area contributed by atoms with Crippen molar-refractivity contribution in [1.82, 2.24) is 10.0 Å². The molecule has 0 saturated heterocycles. The zero-order valence-corrected chi connectivity index (χ0v) is 17.9. The van der Waals surface area contributed by atoms with Crippen LogP contribution in [0.25, 0.3) is 0 Å². The predicted molar refractivity (Wildman–Crippen MR) is 106 cm³/mol. The summed E-state index contributed by atoms with van der Waals surface area (Å²) in [5.41, 5.74) is 0.791. The minimum Gasteiger partial charge on any atom is -0.496 e. The maximum absolute atomic E-state index is 12.6. The van der Waals surface area contributed by atoms with Gasteiger partial charge in [-0.3, -0.25) is 4.79 Å². The maximum Gasteiger partial charge on any atom is 0.250 e. The molecule has 1 amide bonds. The Morgan fingerprint density at radius 2 is 2.04 bits per heavy atom. The molecule has 0 aliphatic heterocycles. The molecule has 0 aliphatic carbocycles. The van der Waals surface area contributed by atoms with Crippen molar-refractivity contribution in [3.05, 3.63) is 45.7 Å². The lowest BCUT2D eigenvalue weighted by Gasteiger charge is -2.21. The van der Waals surface area contributed by atoms with Crippen LogP contribution in [0.4, 0.5) is 0 Å². The third-order valence-corrected chi connectivity index (χ3v) is 7.02. The smallest absolute Gasteiger partial charge is 0.250 e. The number of hydrogen-bond donors (Lipinski definition) is 2. The minimum atomic E-state index is -3.73. The van der Waals surface area contributed by atoms with E-state index in [0.717, 1.165) is 21.4 Å². The van der Waals surface area contributed by atoms with Crippen LogP contribution in [0.1, 0.15) is 19.4 Å². The Morgan fingerprint density at radius 3 is 2.62 bits per heavy atom. The summed E-state index contributed by atoms with van der Waals surface area (Å²) in [7, 11) is -2.18. The van der Waals surface area contributed by atoms with Crippen molar-refractivity contribution in [2.45, 2.75) is 30.6 Å². The topological polar surface area (TPSA) is 84.5 Å². The average molecular weight is 461 g/mol. The number of ether oxygens (including phenoxy) is 1. The number of methoxy groups -OCH3 is 1. The second kappa shape index (κ2) is 8.98. The zero-order valence-electron chi connectivity index (χ0n) is 14.7. The number of thiophene rings is 1. The molecule has 0 spiro atoms.